The summed E-state index contributed by atoms with van der Waals surface area (Å²) in [5.74, 6) is -0.0890. The van der Waals surface area contributed by atoms with Gasteiger partial charge in [0.1, 0.15) is 0 Å². The molecule has 0 fully saturated rings. The number of anilines is 1. The second kappa shape index (κ2) is 6.08. The molecule has 100 valence electrons. The smallest absolute Gasteiger partial charge is 0.253 e. The maximum atomic E-state index is 12.1. The Morgan fingerprint density at radius 2 is 2.11 bits per heavy atom. The number of hydrogen-bond donors (Lipinski definition) is 2. The number of thiophene rings is 1. The van der Waals surface area contributed by atoms with Crippen molar-refractivity contribution >= 4 is 34.5 Å². The van der Waals surface area contributed by atoms with Gasteiger partial charge in [-0.2, -0.15) is 0 Å². The summed E-state index contributed by atoms with van der Waals surface area (Å²) in [6, 6.07) is 9.46. The standard InChI is InChI=1S/C14H15ClN2OS/c1-9-3-5-11(12(7-9)16-2)14(18)17-8-10-4-6-13(15)19-10/h3-7,16H,8H2,1-2H3,(H,17,18). The maximum absolute atomic E-state index is 12.1. The van der Waals surface area contributed by atoms with E-state index in [9.17, 15) is 4.79 Å². The minimum absolute atomic E-state index is 0.0890. The van der Waals surface area contributed by atoms with Crippen LogP contribution in [0, 0.1) is 6.92 Å². The molecule has 0 saturated heterocycles. The first kappa shape index (κ1) is 13.9. The molecular weight excluding hydrogens is 280 g/mol. The molecule has 0 bridgehead atoms. The summed E-state index contributed by atoms with van der Waals surface area (Å²) in [5, 5.41) is 5.94. The van der Waals surface area contributed by atoms with Gasteiger partial charge in [-0.05, 0) is 36.8 Å². The largest absolute Gasteiger partial charge is 0.387 e. The molecule has 0 aliphatic heterocycles. The molecule has 5 heteroatoms. The first-order valence-electron chi connectivity index (χ1n) is 5.91. The summed E-state index contributed by atoms with van der Waals surface area (Å²) in [7, 11) is 1.81. The van der Waals surface area contributed by atoms with Crippen LogP contribution in [0.3, 0.4) is 0 Å². The summed E-state index contributed by atoms with van der Waals surface area (Å²) in [5.41, 5.74) is 2.60. The van der Waals surface area contributed by atoms with E-state index in [1.807, 2.05) is 44.3 Å². The highest BCUT2D eigenvalue weighted by atomic mass is 35.5. The zero-order valence-electron chi connectivity index (χ0n) is 10.8. The summed E-state index contributed by atoms with van der Waals surface area (Å²) < 4.78 is 0.732. The molecular formula is C14H15ClN2OS. The van der Waals surface area contributed by atoms with E-state index in [1.165, 1.54) is 11.3 Å². The Morgan fingerprint density at radius 1 is 1.32 bits per heavy atom. The van der Waals surface area contributed by atoms with E-state index >= 15 is 0 Å². The van der Waals surface area contributed by atoms with Crippen molar-refractivity contribution in [3.63, 3.8) is 0 Å². The molecule has 2 N–H and O–H groups in total. The third-order valence-electron chi connectivity index (χ3n) is 2.74. The lowest BCUT2D eigenvalue weighted by Crippen LogP contribution is -2.23. The minimum atomic E-state index is -0.0890. The minimum Gasteiger partial charge on any atom is -0.387 e. The number of rotatable bonds is 4. The highest BCUT2D eigenvalue weighted by molar-refractivity contribution is 7.16. The van der Waals surface area contributed by atoms with Gasteiger partial charge in [0.15, 0.2) is 0 Å². The number of carbonyl (C=O) groups is 1. The predicted octanol–water partition coefficient (Wildman–Crippen LogP) is 3.68. The molecule has 0 radical (unpaired) electrons. The number of amides is 1. The van der Waals surface area contributed by atoms with Gasteiger partial charge >= 0.3 is 0 Å². The number of halogens is 1. The van der Waals surface area contributed by atoms with Gasteiger partial charge in [0.25, 0.3) is 5.91 Å². The van der Waals surface area contributed by atoms with Gasteiger partial charge in [0, 0.05) is 17.6 Å². The molecule has 19 heavy (non-hydrogen) atoms. The number of hydrogen-bond acceptors (Lipinski definition) is 3. The van der Waals surface area contributed by atoms with E-state index in [4.69, 9.17) is 11.6 Å². The third-order valence-corrected chi connectivity index (χ3v) is 3.97. The molecule has 0 aliphatic rings. The highest BCUT2D eigenvalue weighted by Gasteiger charge is 2.10. The van der Waals surface area contributed by atoms with Crippen LogP contribution < -0.4 is 10.6 Å². The van der Waals surface area contributed by atoms with Crippen LogP contribution >= 0.6 is 22.9 Å². The third kappa shape index (κ3) is 3.49. The molecule has 2 aromatic rings. The van der Waals surface area contributed by atoms with E-state index in [2.05, 4.69) is 10.6 Å². The quantitative estimate of drug-likeness (QED) is 0.903. The summed E-state index contributed by atoms with van der Waals surface area (Å²) in [6.07, 6.45) is 0. The Morgan fingerprint density at radius 3 is 2.74 bits per heavy atom. The van der Waals surface area contributed by atoms with E-state index in [1.54, 1.807) is 0 Å². The topological polar surface area (TPSA) is 41.1 Å². The van der Waals surface area contributed by atoms with Crippen LogP contribution in [0.2, 0.25) is 4.34 Å². The molecule has 1 amide bonds. The van der Waals surface area contributed by atoms with Crippen LogP contribution in [0.5, 0.6) is 0 Å². The summed E-state index contributed by atoms with van der Waals surface area (Å²) in [6.45, 7) is 2.49. The lowest BCUT2D eigenvalue weighted by molar-refractivity contribution is 0.0952. The maximum Gasteiger partial charge on any atom is 0.253 e. The van der Waals surface area contributed by atoms with Gasteiger partial charge in [0.2, 0.25) is 0 Å². The second-order valence-corrected chi connectivity index (χ2v) is 5.99. The normalized spacial score (nSPS) is 10.3. The van der Waals surface area contributed by atoms with Crippen molar-refractivity contribution in [2.24, 2.45) is 0 Å². The van der Waals surface area contributed by atoms with Crippen LogP contribution in [0.15, 0.2) is 30.3 Å². The predicted molar refractivity (Wildman–Crippen MR) is 81.2 cm³/mol. The van der Waals surface area contributed by atoms with Gasteiger partial charge in [-0.25, -0.2) is 0 Å². The molecule has 3 nitrogen and oxygen atoms in total. The Bertz CT molecular complexity index is 595. The van der Waals surface area contributed by atoms with Crippen molar-refractivity contribution in [1.82, 2.24) is 5.32 Å². The van der Waals surface area contributed by atoms with Crippen LogP contribution in [-0.2, 0) is 6.54 Å². The molecule has 1 aromatic carbocycles. The van der Waals surface area contributed by atoms with Crippen molar-refractivity contribution in [3.8, 4) is 0 Å². The van der Waals surface area contributed by atoms with Crippen LogP contribution in [0.1, 0.15) is 20.8 Å². The molecule has 0 unspecified atom stereocenters. The SMILES string of the molecule is CNc1cc(C)ccc1C(=O)NCc1ccc(Cl)s1. The van der Waals surface area contributed by atoms with Gasteiger partial charge in [-0.3, -0.25) is 4.79 Å². The van der Waals surface area contributed by atoms with E-state index < -0.39 is 0 Å². The molecule has 0 saturated carbocycles. The average molecular weight is 295 g/mol. The van der Waals surface area contributed by atoms with Crippen LogP contribution in [0.4, 0.5) is 5.69 Å². The molecule has 0 atom stereocenters. The van der Waals surface area contributed by atoms with Crippen molar-refractivity contribution in [1.29, 1.82) is 0 Å². The monoisotopic (exact) mass is 294 g/mol. The number of carbonyl (C=O) groups excluding carboxylic acids is 1. The Balaban J connectivity index is 2.07. The van der Waals surface area contributed by atoms with Crippen molar-refractivity contribution < 1.29 is 4.79 Å². The zero-order valence-corrected chi connectivity index (χ0v) is 12.4. The lowest BCUT2D eigenvalue weighted by Gasteiger charge is -2.10. The number of aryl methyl sites for hydroxylation is 1. The number of nitrogens with one attached hydrogen (secondary N) is 2. The van der Waals surface area contributed by atoms with Crippen molar-refractivity contribution in [3.05, 3.63) is 50.7 Å². The Labute approximate surface area is 121 Å². The van der Waals surface area contributed by atoms with E-state index in [0.717, 1.165) is 20.5 Å². The van der Waals surface area contributed by atoms with Crippen LogP contribution in [0.25, 0.3) is 0 Å². The fraction of sp³-hybridized carbons (Fsp3) is 0.214. The first-order chi connectivity index (χ1) is 9.10. The van der Waals surface area contributed by atoms with E-state index in [-0.39, 0.29) is 5.91 Å². The molecule has 1 heterocycles. The zero-order chi connectivity index (χ0) is 13.8. The van der Waals surface area contributed by atoms with Gasteiger partial charge in [-0.15, -0.1) is 11.3 Å². The molecule has 0 spiro atoms. The highest BCUT2D eigenvalue weighted by Crippen LogP contribution is 2.21. The average Bonchev–Trinajstić information content (AvgIpc) is 2.81. The number of benzene rings is 1. The lowest BCUT2D eigenvalue weighted by atomic mass is 10.1. The van der Waals surface area contributed by atoms with Crippen molar-refractivity contribution in [2.45, 2.75) is 13.5 Å². The Kier molecular flexibility index (Phi) is 4.45. The fourth-order valence-electron chi connectivity index (χ4n) is 1.77. The fourth-order valence-corrected chi connectivity index (χ4v) is 2.80. The molecule has 0 aliphatic carbocycles. The summed E-state index contributed by atoms with van der Waals surface area (Å²) in [4.78, 5) is 13.2. The molecule has 2 rings (SSSR count). The summed E-state index contributed by atoms with van der Waals surface area (Å²) >= 11 is 7.33. The first-order valence-corrected chi connectivity index (χ1v) is 7.10. The second-order valence-electron chi connectivity index (χ2n) is 4.19. The molecule has 1 aromatic heterocycles. The van der Waals surface area contributed by atoms with Gasteiger partial charge < -0.3 is 10.6 Å². The van der Waals surface area contributed by atoms with E-state index in [0.29, 0.717) is 12.1 Å². The van der Waals surface area contributed by atoms with Crippen molar-refractivity contribution in [2.75, 3.05) is 12.4 Å². The van der Waals surface area contributed by atoms with Gasteiger partial charge in [0.05, 0.1) is 16.4 Å². The van der Waals surface area contributed by atoms with Crippen LogP contribution in [-0.4, -0.2) is 13.0 Å². The van der Waals surface area contributed by atoms with Gasteiger partial charge in [-0.1, -0.05) is 17.7 Å². The Hall–Kier alpha value is -1.52.